The first-order valence-electron chi connectivity index (χ1n) is 6.80. The Morgan fingerprint density at radius 1 is 1.37 bits per heavy atom. The van der Waals surface area contributed by atoms with E-state index in [4.69, 9.17) is 0 Å². The van der Waals surface area contributed by atoms with E-state index in [9.17, 15) is 8.42 Å². The number of aryl methyl sites for hydroxylation is 2. The first kappa shape index (κ1) is 16.2. The molecule has 0 amide bonds. The lowest BCUT2D eigenvalue weighted by Gasteiger charge is -2.06. The van der Waals surface area contributed by atoms with Crippen LogP contribution >= 0.6 is 0 Å². The topological polar surface area (TPSA) is 64.0 Å². The molecular weight excluding hydrogens is 262 g/mol. The van der Waals surface area contributed by atoms with Crippen LogP contribution in [0, 0.1) is 6.92 Å². The summed E-state index contributed by atoms with van der Waals surface area (Å²) in [6.07, 6.45) is 2.61. The van der Waals surface area contributed by atoms with E-state index in [-0.39, 0.29) is 11.5 Å². The Hall–Kier alpha value is -0.880. The highest BCUT2D eigenvalue weighted by atomic mass is 32.2. The zero-order chi connectivity index (χ0) is 14.5. The average molecular weight is 287 g/mol. The second-order valence-corrected chi connectivity index (χ2v) is 7.49. The molecule has 0 saturated heterocycles. The molecule has 0 aliphatic heterocycles. The van der Waals surface area contributed by atoms with E-state index in [1.807, 2.05) is 20.0 Å². The Morgan fingerprint density at radius 3 is 2.63 bits per heavy atom. The van der Waals surface area contributed by atoms with Crippen molar-refractivity contribution in [3.8, 4) is 0 Å². The van der Waals surface area contributed by atoms with Gasteiger partial charge >= 0.3 is 0 Å². The van der Waals surface area contributed by atoms with Gasteiger partial charge in [0, 0.05) is 30.1 Å². The number of nitrogens with one attached hydrogen (secondary N) is 1. The Morgan fingerprint density at radius 2 is 2.05 bits per heavy atom. The Kier molecular flexibility index (Phi) is 6.00. The van der Waals surface area contributed by atoms with E-state index in [0.717, 1.165) is 17.8 Å². The number of aromatic nitrogens is 2. The smallest absolute Gasteiger partial charge is 0.152 e. The summed E-state index contributed by atoms with van der Waals surface area (Å²) in [5.74, 6) is 0.425. The first-order valence-corrected chi connectivity index (χ1v) is 8.63. The van der Waals surface area contributed by atoms with E-state index in [0.29, 0.717) is 19.0 Å². The molecule has 1 aromatic rings. The van der Waals surface area contributed by atoms with Gasteiger partial charge in [0.2, 0.25) is 0 Å². The van der Waals surface area contributed by atoms with Gasteiger partial charge in [-0.1, -0.05) is 20.8 Å². The minimum atomic E-state index is -2.94. The summed E-state index contributed by atoms with van der Waals surface area (Å²) in [4.78, 5) is 0. The average Bonchev–Trinajstić information content (AvgIpc) is 2.65. The first-order chi connectivity index (χ1) is 8.84. The van der Waals surface area contributed by atoms with Crippen LogP contribution in [0.15, 0.2) is 6.20 Å². The summed E-state index contributed by atoms with van der Waals surface area (Å²) in [6, 6.07) is 0.424. The number of hydrogen-bond acceptors (Lipinski definition) is 4. The lowest BCUT2D eigenvalue weighted by molar-refractivity contribution is 0.577. The molecule has 19 heavy (non-hydrogen) atoms. The highest BCUT2D eigenvalue weighted by Gasteiger charge is 2.11. The molecular formula is C13H25N3O2S. The van der Waals surface area contributed by atoms with Gasteiger partial charge in [0.25, 0.3) is 0 Å². The maximum Gasteiger partial charge on any atom is 0.152 e. The normalized spacial score (nSPS) is 12.3. The molecule has 0 bridgehead atoms. The highest BCUT2D eigenvalue weighted by Crippen LogP contribution is 2.06. The van der Waals surface area contributed by atoms with Crippen LogP contribution in [-0.4, -0.2) is 35.7 Å². The summed E-state index contributed by atoms with van der Waals surface area (Å²) < 4.78 is 25.1. The zero-order valence-corrected chi connectivity index (χ0v) is 13.1. The summed E-state index contributed by atoms with van der Waals surface area (Å²) in [5, 5.41) is 7.70. The fourth-order valence-corrected chi connectivity index (χ4v) is 3.10. The van der Waals surface area contributed by atoms with Crippen LogP contribution in [0.4, 0.5) is 0 Å². The van der Waals surface area contributed by atoms with Crippen LogP contribution in [0.1, 0.15) is 38.4 Å². The third-order valence-corrected chi connectivity index (χ3v) is 4.73. The van der Waals surface area contributed by atoms with Gasteiger partial charge in [0.1, 0.15) is 0 Å². The molecule has 0 radical (unpaired) electrons. The third kappa shape index (κ3) is 5.74. The highest BCUT2D eigenvalue weighted by molar-refractivity contribution is 7.91. The van der Waals surface area contributed by atoms with Crippen molar-refractivity contribution in [3.63, 3.8) is 0 Å². The Balaban J connectivity index is 2.58. The maximum atomic E-state index is 11.7. The molecule has 0 atom stereocenters. The maximum absolute atomic E-state index is 11.7. The molecule has 0 spiro atoms. The summed E-state index contributed by atoms with van der Waals surface area (Å²) in [6.45, 7) is 9.23. The molecule has 1 heterocycles. The molecule has 0 fully saturated rings. The minimum Gasteiger partial charge on any atom is -0.310 e. The van der Waals surface area contributed by atoms with Crippen molar-refractivity contribution in [3.05, 3.63) is 17.5 Å². The summed E-state index contributed by atoms with van der Waals surface area (Å²) >= 11 is 0. The Labute approximate surface area is 116 Å². The standard InChI is InChI=1S/C13H25N3O2S/c1-5-7-19(17,18)8-6-16-10-13(12(4)15-16)9-14-11(2)3/h10-11,14H,5-9H2,1-4H3. The molecule has 1 rings (SSSR count). The monoisotopic (exact) mass is 287 g/mol. The minimum absolute atomic E-state index is 0.166. The van der Waals surface area contributed by atoms with Crippen molar-refractivity contribution in [2.75, 3.05) is 11.5 Å². The van der Waals surface area contributed by atoms with Crippen molar-refractivity contribution in [2.24, 2.45) is 0 Å². The number of rotatable bonds is 8. The van der Waals surface area contributed by atoms with Gasteiger partial charge in [0.05, 0.1) is 18.0 Å². The molecule has 1 N–H and O–H groups in total. The lowest BCUT2D eigenvalue weighted by Crippen LogP contribution is -2.21. The second-order valence-electron chi connectivity index (χ2n) is 5.19. The quantitative estimate of drug-likeness (QED) is 0.787. The van der Waals surface area contributed by atoms with E-state index in [1.54, 1.807) is 4.68 Å². The van der Waals surface area contributed by atoms with Gasteiger partial charge in [-0.15, -0.1) is 0 Å². The predicted molar refractivity (Wildman–Crippen MR) is 77.9 cm³/mol. The summed E-state index contributed by atoms with van der Waals surface area (Å²) in [5.41, 5.74) is 2.09. The molecule has 0 unspecified atom stereocenters. The van der Waals surface area contributed by atoms with Crippen LogP contribution in [-0.2, 0) is 22.9 Å². The van der Waals surface area contributed by atoms with Gasteiger partial charge in [-0.3, -0.25) is 4.68 Å². The van der Waals surface area contributed by atoms with Gasteiger partial charge in [-0.25, -0.2) is 8.42 Å². The molecule has 1 aromatic heterocycles. The van der Waals surface area contributed by atoms with Crippen LogP contribution in [0.2, 0.25) is 0 Å². The summed E-state index contributed by atoms with van der Waals surface area (Å²) in [7, 11) is -2.94. The molecule has 0 aliphatic rings. The van der Waals surface area contributed by atoms with E-state index < -0.39 is 9.84 Å². The molecule has 0 aliphatic carbocycles. The van der Waals surface area contributed by atoms with Crippen molar-refractivity contribution < 1.29 is 8.42 Å². The fraction of sp³-hybridized carbons (Fsp3) is 0.769. The van der Waals surface area contributed by atoms with Gasteiger partial charge in [-0.05, 0) is 13.3 Å². The van der Waals surface area contributed by atoms with Gasteiger partial charge in [0.15, 0.2) is 9.84 Å². The molecule has 5 nitrogen and oxygen atoms in total. The SMILES string of the molecule is CCCS(=O)(=O)CCn1cc(CNC(C)C)c(C)n1. The van der Waals surface area contributed by atoms with Crippen molar-refractivity contribution >= 4 is 9.84 Å². The zero-order valence-electron chi connectivity index (χ0n) is 12.3. The van der Waals surface area contributed by atoms with Crippen LogP contribution in [0.3, 0.4) is 0 Å². The molecule has 110 valence electrons. The number of nitrogens with zero attached hydrogens (tertiary/aromatic N) is 2. The second kappa shape index (κ2) is 7.05. The van der Waals surface area contributed by atoms with Crippen LogP contribution in [0.5, 0.6) is 0 Å². The lowest BCUT2D eigenvalue weighted by atomic mass is 10.2. The molecule has 0 saturated carbocycles. The predicted octanol–water partition coefficient (Wildman–Crippen LogP) is 1.51. The van der Waals surface area contributed by atoms with Gasteiger partial charge < -0.3 is 5.32 Å². The van der Waals surface area contributed by atoms with Crippen molar-refractivity contribution in [2.45, 2.75) is 53.2 Å². The van der Waals surface area contributed by atoms with Gasteiger partial charge in [-0.2, -0.15) is 5.10 Å². The largest absolute Gasteiger partial charge is 0.310 e. The van der Waals surface area contributed by atoms with Crippen LogP contribution in [0.25, 0.3) is 0 Å². The van der Waals surface area contributed by atoms with E-state index in [2.05, 4.69) is 24.3 Å². The molecule has 6 heteroatoms. The number of sulfone groups is 1. The molecule has 0 aromatic carbocycles. The van der Waals surface area contributed by atoms with Crippen molar-refractivity contribution in [1.82, 2.24) is 15.1 Å². The van der Waals surface area contributed by atoms with Crippen molar-refractivity contribution in [1.29, 1.82) is 0 Å². The number of hydrogen-bond donors (Lipinski definition) is 1. The third-order valence-electron chi connectivity index (χ3n) is 2.90. The van der Waals surface area contributed by atoms with E-state index >= 15 is 0 Å². The van der Waals surface area contributed by atoms with E-state index in [1.165, 1.54) is 0 Å². The van der Waals surface area contributed by atoms with Crippen LogP contribution < -0.4 is 5.32 Å². The fourth-order valence-electron chi connectivity index (χ4n) is 1.81. The Bertz CT molecular complexity index is 492.